The van der Waals surface area contributed by atoms with Crippen molar-refractivity contribution in [3.8, 4) is 22.5 Å². The van der Waals surface area contributed by atoms with Gasteiger partial charge in [0.2, 0.25) is 0 Å². The van der Waals surface area contributed by atoms with E-state index in [4.69, 9.17) is 4.98 Å². The molecule has 0 saturated carbocycles. The third-order valence-electron chi connectivity index (χ3n) is 6.10. The summed E-state index contributed by atoms with van der Waals surface area (Å²) in [6.45, 7) is 2.16. The third-order valence-corrected chi connectivity index (χ3v) is 6.10. The molecule has 2 aromatic heterocycles. The Balaban J connectivity index is 1.39. The topological polar surface area (TPSA) is 63.6 Å². The molecule has 1 unspecified atom stereocenters. The zero-order valence-electron chi connectivity index (χ0n) is 18.6. The number of aromatic amines is 1. The van der Waals surface area contributed by atoms with Gasteiger partial charge in [0.05, 0.1) is 6.33 Å². The fourth-order valence-electron chi connectivity index (χ4n) is 4.22. The van der Waals surface area contributed by atoms with Crippen LogP contribution in [0.5, 0.6) is 0 Å². The monoisotopic (exact) mass is 434 g/mol. The lowest BCUT2D eigenvalue weighted by atomic mass is 10.0. The Morgan fingerprint density at radius 2 is 1.48 bits per heavy atom. The Kier molecular flexibility index (Phi) is 5.85. The standard InChI is InChI=1S/C28H26N4O/c1-20(9-8-12-21-10-4-2-5-11-21)32-19-29-25-27(32)30-26(31-28(25)33)24-17-15-23(16-18-24)22-13-6-3-7-14-22/h2-7,10-11,13-20H,8-9,12H2,1H3,(H,30,31,33). The molecule has 0 radical (unpaired) electrons. The molecule has 0 saturated heterocycles. The van der Waals surface area contributed by atoms with E-state index in [1.807, 2.05) is 41.0 Å². The van der Waals surface area contributed by atoms with Gasteiger partial charge < -0.3 is 9.55 Å². The van der Waals surface area contributed by atoms with Gasteiger partial charge in [-0.25, -0.2) is 9.97 Å². The number of aromatic nitrogens is 4. The van der Waals surface area contributed by atoms with Crippen LogP contribution < -0.4 is 5.56 Å². The highest BCUT2D eigenvalue weighted by molar-refractivity contribution is 5.74. The van der Waals surface area contributed by atoms with Crippen LogP contribution in [0.3, 0.4) is 0 Å². The van der Waals surface area contributed by atoms with E-state index >= 15 is 0 Å². The number of nitrogens with one attached hydrogen (secondary N) is 1. The van der Waals surface area contributed by atoms with Crippen LogP contribution in [0.15, 0.2) is 96.1 Å². The van der Waals surface area contributed by atoms with Crippen LogP contribution in [0, 0.1) is 0 Å². The molecule has 5 nitrogen and oxygen atoms in total. The minimum atomic E-state index is -0.211. The highest BCUT2D eigenvalue weighted by Crippen LogP contribution is 2.24. The van der Waals surface area contributed by atoms with Gasteiger partial charge >= 0.3 is 0 Å². The largest absolute Gasteiger partial charge is 0.312 e. The average Bonchev–Trinajstić information content (AvgIpc) is 3.30. The van der Waals surface area contributed by atoms with Gasteiger partial charge in [-0.05, 0) is 42.9 Å². The maximum atomic E-state index is 12.7. The predicted octanol–water partition coefficient (Wildman–Crippen LogP) is 6.04. The van der Waals surface area contributed by atoms with Crippen molar-refractivity contribution in [3.05, 3.63) is 107 Å². The molecule has 5 heteroatoms. The molecule has 0 spiro atoms. The van der Waals surface area contributed by atoms with Crippen LogP contribution in [0.2, 0.25) is 0 Å². The Morgan fingerprint density at radius 1 is 0.848 bits per heavy atom. The molecule has 33 heavy (non-hydrogen) atoms. The Bertz CT molecular complexity index is 1400. The fourth-order valence-corrected chi connectivity index (χ4v) is 4.22. The van der Waals surface area contributed by atoms with Crippen LogP contribution in [0.1, 0.15) is 31.4 Å². The maximum Gasteiger partial charge on any atom is 0.279 e. The summed E-state index contributed by atoms with van der Waals surface area (Å²) in [5, 5.41) is 0. The van der Waals surface area contributed by atoms with Gasteiger partial charge in [0, 0.05) is 11.6 Å². The molecule has 0 aliphatic carbocycles. The van der Waals surface area contributed by atoms with Gasteiger partial charge in [-0.2, -0.15) is 0 Å². The van der Waals surface area contributed by atoms with E-state index in [0.717, 1.165) is 36.0 Å². The number of imidazole rings is 1. The average molecular weight is 435 g/mol. The lowest BCUT2D eigenvalue weighted by Gasteiger charge is -2.14. The number of fused-ring (bicyclic) bond motifs is 1. The van der Waals surface area contributed by atoms with Crippen molar-refractivity contribution >= 4 is 11.2 Å². The zero-order chi connectivity index (χ0) is 22.6. The minimum absolute atomic E-state index is 0.196. The van der Waals surface area contributed by atoms with Gasteiger partial charge in [0.25, 0.3) is 5.56 Å². The molecule has 1 N–H and O–H groups in total. The first-order valence-electron chi connectivity index (χ1n) is 11.4. The number of hydrogen-bond acceptors (Lipinski definition) is 3. The van der Waals surface area contributed by atoms with Crippen molar-refractivity contribution in [1.29, 1.82) is 0 Å². The smallest absolute Gasteiger partial charge is 0.279 e. The first-order valence-corrected chi connectivity index (χ1v) is 11.4. The molecule has 0 aliphatic heterocycles. The second kappa shape index (κ2) is 9.25. The number of hydrogen-bond donors (Lipinski definition) is 1. The van der Waals surface area contributed by atoms with Crippen molar-refractivity contribution in [3.63, 3.8) is 0 Å². The number of nitrogens with zero attached hydrogens (tertiary/aromatic N) is 3. The molecule has 0 aliphatic rings. The van der Waals surface area contributed by atoms with Gasteiger partial charge in [0.15, 0.2) is 11.2 Å². The maximum absolute atomic E-state index is 12.7. The quantitative estimate of drug-likeness (QED) is 0.340. The number of H-pyrrole nitrogens is 1. The highest BCUT2D eigenvalue weighted by atomic mass is 16.1. The van der Waals surface area contributed by atoms with E-state index < -0.39 is 0 Å². The van der Waals surface area contributed by atoms with Crippen molar-refractivity contribution in [2.75, 3.05) is 0 Å². The molecule has 0 bridgehead atoms. The first kappa shape index (κ1) is 20.9. The van der Waals surface area contributed by atoms with Crippen LogP contribution in [-0.2, 0) is 6.42 Å². The number of benzene rings is 3. The van der Waals surface area contributed by atoms with Crippen molar-refractivity contribution < 1.29 is 0 Å². The van der Waals surface area contributed by atoms with Gasteiger partial charge in [-0.15, -0.1) is 0 Å². The summed E-state index contributed by atoms with van der Waals surface area (Å²) in [6.07, 6.45) is 4.81. The zero-order valence-corrected chi connectivity index (χ0v) is 18.6. The van der Waals surface area contributed by atoms with E-state index in [9.17, 15) is 4.79 Å². The fraction of sp³-hybridized carbons (Fsp3) is 0.179. The molecule has 5 rings (SSSR count). The Labute approximate surface area is 192 Å². The molecule has 0 amide bonds. The van der Waals surface area contributed by atoms with E-state index in [1.165, 1.54) is 5.56 Å². The SMILES string of the molecule is CC(CCCc1ccccc1)n1cnc2c(=O)[nH]c(-c3ccc(-c4ccccc4)cc3)nc21. The van der Waals surface area contributed by atoms with Crippen LogP contribution in [0.4, 0.5) is 0 Å². The molecule has 1 atom stereocenters. The van der Waals surface area contributed by atoms with Crippen molar-refractivity contribution in [2.45, 2.75) is 32.2 Å². The molecule has 0 fully saturated rings. The van der Waals surface area contributed by atoms with Gasteiger partial charge in [-0.1, -0.05) is 84.9 Å². The second-order valence-electron chi connectivity index (χ2n) is 8.41. The van der Waals surface area contributed by atoms with E-state index in [-0.39, 0.29) is 11.6 Å². The predicted molar refractivity (Wildman–Crippen MR) is 133 cm³/mol. The molecule has 3 aromatic carbocycles. The summed E-state index contributed by atoms with van der Waals surface area (Å²) < 4.78 is 2.03. The summed E-state index contributed by atoms with van der Waals surface area (Å²) in [7, 11) is 0. The van der Waals surface area contributed by atoms with Gasteiger partial charge in [0.1, 0.15) is 5.82 Å². The van der Waals surface area contributed by atoms with E-state index in [1.54, 1.807) is 6.33 Å². The van der Waals surface area contributed by atoms with Crippen molar-refractivity contribution in [1.82, 2.24) is 19.5 Å². The van der Waals surface area contributed by atoms with E-state index in [2.05, 4.69) is 65.4 Å². The summed E-state index contributed by atoms with van der Waals surface area (Å²) in [5.41, 5.74) is 5.30. The molecular weight excluding hydrogens is 408 g/mol. The summed E-state index contributed by atoms with van der Waals surface area (Å²) in [6, 6.07) is 29.0. The second-order valence-corrected chi connectivity index (χ2v) is 8.41. The van der Waals surface area contributed by atoms with E-state index in [0.29, 0.717) is 17.0 Å². The lowest BCUT2D eigenvalue weighted by Crippen LogP contribution is -2.12. The number of rotatable bonds is 7. The van der Waals surface area contributed by atoms with Crippen LogP contribution in [-0.4, -0.2) is 19.5 Å². The summed E-state index contributed by atoms with van der Waals surface area (Å²) in [4.78, 5) is 24.8. The molecule has 5 aromatic rings. The van der Waals surface area contributed by atoms with Crippen LogP contribution >= 0.6 is 0 Å². The third kappa shape index (κ3) is 4.48. The number of aryl methyl sites for hydroxylation is 1. The molecule has 2 heterocycles. The van der Waals surface area contributed by atoms with Crippen molar-refractivity contribution in [2.24, 2.45) is 0 Å². The molecule has 164 valence electrons. The summed E-state index contributed by atoms with van der Waals surface area (Å²) in [5.74, 6) is 0.561. The van der Waals surface area contributed by atoms with Gasteiger partial charge in [-0.3, -0.25) is 4.79 Å². The van der Waals surface area contributed by atoms with Crippen LogP contribution in [0.25, 0.3) is 33.7 Å². The Morgan fingerprint density at radius 3 is 2.21 bits per heavy atom. The minimum Gasteiger partial charge on any atom is -0.312 e. The molecular formula is C28H26N4O. The summed E-state index contributed by atoms with van der Waals surface area (Å²) >= 11 is 0. The normalized spacial score (nSPS) is 12.2. The Hall–Kier alpha value is -3.99. The first-order chi connectivity index (χ1) is 16.2. The highest BCUT2D eigenvalue weighted by Gasteiger charge is 2.15. The lowest BCUT2D eigenvalue weighted by molar-refractivity contribution is 0.497.